The van der Waals surface area contributed by atoms with Crippen molar-refractivity contribution < 1.29 is 14.3 Å². The van der Waals surface area contributed by atoms with Gasteiger partial charge in [0, 0.05) is 26.2 Å². The number of carbonyl (C=O) groups excluding carboxylic acids is 1. The van der Waals surface area contributed by atoms with Gasteiger partial charge in [-0.15, -0.1) is 0 Å². The number of aliphatic hydroxyl groups is 1. The third-order valence-electron chi connectivity index (χ3n) is 3.49. The minimum Gasteiger partial charge on any atom is -0.396 e. The number of likely N-dealkylation sites (tertiary alicyclic amines) is 1. The van der Waals surface area contributed by atoms with E-state index in [4.69, 9.17) is 0 Å². The van der Waals surface area contributed by atoms with E-state index in [1.54, 1.807) is 4.90 Å². The third-order valence-corrected chi connectivity index (χ3v) is 3.49. The molecule has 5 nitrogen and oxygen atoms in total. The first kappa shape index (κ1) is 14.7. The molecule has 1 saturated heterocycles. The van der Waals surface area contributed by atoms with Gasteiger partial charge in [0.15, 0.2) is 0 Å². The Labute approximate surface area is 117 Å². The topological polar surface area (TPSA) is 65.5 Å². The van der Waals surface area contributed by atoms with Gasteiger partial charge in [0.2, 0.25) is 0 Å². The molecule has 2 rings (SSSR count). The summed E-state index contributed by atoms with van der Waals surface area (Å²) in [6, 6.07) is 1.22. The maximum absolute atomic E-state index is 13.4. The van der Waals surface area contributed by atoms with Gasteiger partial charge in [-0.05, 0) is 31.7 Å². The summed E-state index contributed by atoms with van der Waals surface area (Å²) in [5.41, 5.74) is 0.255. The molecule has 0 radical (unpaired) electrons. The van der Waals surface area contributed by atoms with Crippen LogP contribution < -0.4 is 5.32 Å². The number of hydrogen-bond acceptors (Lipinski definition) is 4. The molecular formula is C14H20FN3O2. The van der Waals surface area contributed by atoms with Crippen LogP contribution in [0, 0.1) is 11.7 Å². The van der Waals surface area contributed by atoms with E-state index in [1.165, 1.54) is 6.07 Å². The number of aliphatic hydroxyl groups excluding tert-OH is 1. The standard InChI is InChI=1S/C14H20FN3O2/c1-2-16-13-12(6-11(15)7-17-13)14(20)18-5-3-4-10(8-18)9-19/h6-7,10,19H,2-5,8-9H2,1H3,(H,16,17). The number of pyridine rings is 1. The lowest BCUT2D eigenvalue weighted by Crippen LogP contribution is -2.41. The van der Waals surface area contributed by atoms with E-state index in [1.807, 2.05) is 6.92 Å². The van der Waals surface area contributed by atoms with Crippen molar-refractivity contribution in [3.8, 4) is 0 Å². The Balaban J connectivity index is 2.21. The normalized spacial score (nSPS) is 18.9. The van der Waals surface area contributed by atoms with E-state index in [2.05, 4.69) is 10.3 Å². The Bertz CT molecular complexity index is 481. The molecule has 110 valence electrons. The van der Waals surface area contributed by atoms with Crippen LogP contribution >= 0.6 is 0 Å². The van der Waals surface area contributed by atoms with Gasteiger partial charge >= 0.3 is 0 Å². The lowest BCUT2D eigenvalue weighted by atomic mass is 9.98. The summed E-state index contributed by atoms with van der Waals surface area (Å²) >= 11 is 0. The Morgan fingerprint density at radius 2 is 2.45 bits per heavy atom. The number of aromatic nitrogens is 1. The van der Waals surface area contributed by atoms with Crippen LogP contribution in [-0.2, 0) is 0 Å². The maximum Gasteiger partial charge on any atom is 0.257 e. The smallest absolute Gasteiger partial charge is 0.257 e. The van der Waals surface area contributed by atoms with Crippen LogP contribution in [-0.4, -0.2) is 47.1 Å². The zero-order valence-electron chi connectivity index (χ0n) is 11.6. The highest BCUT2D eigenvalue weighted by atomic mass is 19.1. The number of nitrogens with one attached hydrogen (secondary N) is 1. The van der Waals surface area contributed by atoms with Crippen molar-refractivity contribution in [1.82, 2.24) is 9.88 Å². The summed E-state index contributed by atoms with van der Waals surface area (Å²) < 4.78 is 13.4. The van der Waals surface area contributed by atoms with Crippen LogP contribution in [0.15, 0.2) is 12.3 Å². The van der Waals surface area contributed by atoms with Gasteiger partial charge < -0.3 is 15.3 Å². The van der Waals surface area contributed by atoms with Crippen molar-refractivity contribution in [3.05, 3.63) is 23.6 Å². The Morgan fingerprint density at radius 3 is 3.15 bits per heavy atom. The quantitative estimate of drug-likeness (QED) is 0.877. The van der Waals surface area contributed by atoms with Gasteiger partial charge in [-0.2, -0.15) is 0 Å². The molecule has 0 bridgehead atoms. The second-order valence-electron chi connectivity index (χ2n) is 5.02. The number of rotatable bonds is 4. The predicted molar refractivity (Wildman–Crippen MR) is 74.1 cm³/mol. The molecule has 0 aromatic carbocycles. The summed E-state index contributed by atoms with van der Waals surface area (Å²) in [4.78, 5) is 18.1. The molecule has 1 amide bonds. The molecule has 1 aliphatic rings. The summed E-state index contributed by atoms with van der Waals surface area (Å²) in [5, 5.41) is 12.2. The van der Waals surface area contributed by atoms with Gasteiger partial charge in [-0.1, -0.05) is 0 Å². The first-order valence-corrected chi connectivity index (χ1v) is 6.95. The minimum atomic E-state index is -0.522. The van der Waals surface area contributed by atoms with Crippen molar-refractivity contribution in [1.29, 1.82) is 0 Å². The Morgan fingerprint density at radius 1 is 1.65 bits per heavy atom. The number of nitrogens with zero attached hydrogens (tertiary/aromatic N) is 2. The molecule has 1 aliphatic heterocycles. The van der Waals surface area contributed by atoms with Gasteiger partial charge in [-0.25, -0.2) is 9.37 Å². The monoisotopic (exact) mass is 281 g/mol. The van der Waals surface area contributed by atoms with E-state index >= 15 is 0 Å². The molecule has 1 unspecified atom stereocenters. The van der Waals surface area contributed by atoms with Crippen molar-refractivity contribution in [2.75, 3.05) is 31.6 Å². The van der Waals surface area contributed by atoms with E-state index < -0.39 is 5.82 Å². The van der Waals surface area contributed by atoms with E-state index in [-0.39, 0.29) is 24.0 Å². The molecular weight excluding hydrogens is 261 g/mol. The van der Waals surface area contributed by atoms with Gasteiger partial charge in [-0.3, -0.25) is 4.79 Å². The van der Waals surface area contributed by atoms with Crippen LogP contribution in [0.2, 0.25) is 0 Å². The van der Waals surface area contributed by atoms with Crippen LogP contribution in [0.1, 0.15) is 30.1 Å². The molecule has 20 heavy (non-hydrogen) atoms. The van der Waals surface area contributed by atoms with Crippen molar-refractivity contribution in [2.45, 2.75) is 19.8 Å². The fourth-order valence-corrected chi connectivity index (χ4v) is 2.48. The highest BCUT2D eigenvalue weighted by Gasteiger charge is 2.26. The highest BCUT2D eigenvalue weighted by molar-refractivity contribution is 5.98. The van der Waals surface area contributed by atoms with Gasteiger partial charge in [0.1, 0.15) is 11.6 Å². The first-order chi connectivity index (χ1) is 9.65. The van der Waals surface area contributed by atoms with Crippen molar-refractivity contribution >= 4 is 11.7 Å². The number of anilines is 1. The molecule has 0 aliphatic carbocycles. The molecule has 6 heteroatoms. The predicted octanol–water partition coefficient (Wildman–Crippen LogP) is 1.50. The van der Waals surface area contributed by atoms with Crippen LogP contribution in [0.3, 0.4) is 0 Å². The van der Waals surface area contributed by atoms with Crippen molar-refractivity contribution in [2.24, 2.45) is 5.92 Å². The Hall–Kier alpha value is -1.69. The summed E-state index contributed by atoms with van der Waals surface area (Å²) in [6.07, 6.45) is 2.87. The maximum atomic E-state index is 13.4. The van der Waals surface area contributed by atoms with E-state index in [0.29, 0.717) is 25.5 Å². The average molecular weight is 281 g/mol. The van der Waals surface area contributed by atoms with Crippen LogP contribution in [0.4, 0.5) is 10.2 Å². The highest BCUT2D eigenvalue weighted by Crippen LogP contribution is 2.21. The third kappa shape index (κ3) is 3.25. The summed E-state index contributed by atoms with van der Waals surface area (Å²) in [5.74, 6) is -0.237. The second kappa shape index (κ2) is 6.65. The first-order valence-electron chi connectivity index (χ1n) is 6.95. The summed E-state index contributed by atoms with van der Waals surface area (Å²) in [7, 11) is 0. The second-order valence-corrected chi connectivity index (χ2v) is 5.02. The molecule has 2 N–H and O–H groups in total. The SMILES string of the molecule is CCNc1ncc(F)cc1C(=O)N1CCCC(CO)C1. The number of piperidine rings is 1. The lowest BCUT2D eigenvalue weighted by molar-refractivity contribution is 0.0621. The zero-order valence-corrected chi connectivity index (χ0v) is 11.6. The fourth-order valence-electron chi connectivity index (χ4n) is 2.48. The van der Waals surface area contributed by atoms with Gasteiger partial charge in [0.25, 0.3) is 5.91 Å². The largest absolute Gasteiger partial charge is 0.396 e. The molecule has 2 heterocycles. The van der Waals surface area contributed by atoms with Gasteiger partial charge in [0.05, 0.1) is 11.8 Å². The number of halogens is 1. The van der Waals surface area contributed by atoms with Crippen LogP contribution in [0.5, 0.6) is 0 Å². The molecule has 1 fully saturated rings. The van der Waals surface area contributed by atoms with E-state index in [9.17, 15) is 14.3 Å². The average Bonchev–Trinajstić information content (AvgIpc) is 2.48. The Kier molecular flexibility index (Phi) is 4.89. The van der Waals surface area contributed by atoms with Crippen LogP contribution in [0.25, 0.3) is 0 Å². The van der Waals surface area contributed by atoms with Crippen molar-refractivity contribution in [3.63, 3.8) is 0 Å². The van der Waals surface area contributed by atoms with E-state index in [0.717, 1.165) is 19.0 Å². The summed E-state index contributed by atoms with van der Waals surface area (Å²) in [6.45, 7) is 3.72. The fraction of sp³-hybridized carbons (Fsp3) is 0.571. The zero-order chi connectivity index (χ0) is 14.5. The molecule has 1 aromatic heterocycles. The lowest BCUT2D eigenvalue weighted by Gasteiger charge is -2.32. The number of carbonyl (C=O) groups is 1. The minimum absolute atomic E-state index is 0.0747. The molecule has 1 aromatic rings. The molecule has 0 spiro atoms. The number of amides is 1. The molecule has 1 atom stereocenters. The molecule has 0 saturated carbocycles. The number of hydrogen-bond donors (Lipinski definition) is 2.